The molecule has 1 heterocycles. The van der Waals surface area contributed by atoms with E-state index in [1.54, 1.807) is 18.7 Å². The Labute approximate surface area is 131 Å². The van der Waals surface area contributed by atoms with Gasteiger partial charge in [0.05, 0.1) is 17.7 Å². The minimum atomic E-state index is -0.939. The smallest absolute Gasteiger partial charge is 0.229 e. The predicted molar refractivity (Wildman–Crippen MR) is 85.2 cm³/mol. The molecule has 0 spiro atoms. The Kier molecular flexibility index (Phi) is 4.98. The van der Waals surface area contributed by atoms with Crippen LogP contribution in [-0.2, 0) is 17.8 Å². The summed E-state index contributed by atoms with van der Waals surface area (Å²) in [5, 5.41) is 17.0. The lowest BCUT2D eigenvalue weighted by molar-refractivity contribution is -0.134. The first-order valence-electron chi connectivity index (χ1n) is 7.38. The zero-order chi connectivity index (χ0) is 16.2. The molecule has 0 aliphatic heterocycles. The van der Waals surface area contributed by atoms with Gasteiger partial charge in [-0.1, -0.05) is 30.3 Å². The van der Waals surface area contributed by atoms with Crippen LogP contribution in [0.15, 0.2) is 36.4 Å². The van der Waals surface area contributed by atoms with Crippen molar-refractivity contribution in [3.05, 3.63) is 53.3 Å². The standard InChI is InChI=1S/C17H23N3O2/c1-13-9-15(19-18-13)10-16(21)20(12-17(2,3)22)11-14-7-5-4-6-8-14/h4-9,22H,10-12H2,1-3H3,(H,18,19). The predicted octanol–water partition coefficient (Wildman–Crippen LogP) is 2.06. The van der Waals surface area contributed by atoms with Gasteiger partial charge in [0.1, 0.15) is 0 Å². The van der Waals surface area contributed by atoms with Crippen LogP contribution in [0.2, 0.25) is 0 Å². The Morgan fingerprint density at radius 3 is 2.55 bits per heavy atom. The fourth-order valence-electron chi connectivity index (χ4n) is 2.33. The summed E-state index contributed by atoms with van der Waals surface area (Å²) in [6.07, 6.45) is 0.229. The van der Waals surface area contributed by atoms with Gasteiger partial charge in [-0.25, -0.2) is 0 Å². The lowest BCUT2D eigenvalue weighted by atomic mass is 10.1. The van der Waals surface area contributed by atoms with Gasteiger partial charge in [-0.15, -0.1) is 0 Å². The highest BCUT2D eigenvalue weighted by Gasteiger charge is 2.23. The molecule has 1 amide bonds. The summed E-state index contributed by atoms with van der Waals surface area (Å²) in [5.74, 6) is -0.0440. The summed E-state index contributed by atoms with van der Waals surface area (Å²) < 4.78 is 0. The number of hydrogen-bond donors (Lipinski definition) is 2. The van der Waals surface area contributed by atoms with E-state index in [4.69, 9.17) is 0 Å². The van der Waals surface area contributed by atoms with Gasteiger partial charge in [-0.05, 0) is 32.4 Å². The molecule has 1 aromatic heterocycles. The second kappa shape index (κ2) is 6.75. The van der Waals surface area contributed by atoms with Crippen LogP contribution in [0.25, 0.3) is 0 Å². The maximum absolute atomic E-state index is 12.6. The van der Waals surface area contributed by atoms with E-state index in [2.05, 4.69) is 10.2 Å². The van der Waals surface area contributed by atoms with E-state index in [1.807, 2.05) is 43.3 Å². The molecule has 0 radical (unpaired) electrons. The molecule has 0 fully saturated rings. The SMILES string of the molecule is Cc1cc(CC(=O)N(Cc2ccccc2)CC(C)(C)O)n[nH]1. The molecule has 2 N–H and O–H groups in total. The summed E-state index contributed by atoms with van der Waals surface area (Å²) in [6, 6.07) is 11.6. The number of hydrogen-bond acceptors (Lipinski definition) is 3. The van der Waals surface area contributed by atoms with Crippen molar-refractivity contribution < 1.29 is 9.90 Å². The van der Waals surface area contributed by atoms with E-state index in [-0.39, 0.29) is 18.9 Å². The van der Waals surface area contributed by atoms with Crippen LogP contribution in [0.5, 0.6) is 0 Å². The monoisotopic (exact) mass is 301 g/mol. The second-order valence-corrected chi connectivity index (χ2v) is 6.27. The van der Waals surface area contributed by atoms with Crippen molar-refractivity contribution in [1.29, 1.82) is 0 Å². The molecular weight excluding hydrogens is 278 g/mol. The number of aromatic amines is 1. The Hall–Kier alpha value is -2.14. The number of carbonyl (C=O) groups excluding carboxylic acids is 1. The molecule has 0 bridgehead atoms. The van der Waals surface area contributed by atoms with Crippen molar-refractivity contribution in [1.82, 2.24) is 15.1 Å². The number of rotatable bonds is 6. The largest absolute Gasteiger partial charge is 0.389 e. The third-order valence-corrected chi connectivity index (χ3v) is 3.24. The normalized spacial score (nSPS) is 11.5. The number of aryl methyl sites for hydroxylation is 1. The van der Waals surface area contributed by atoms with E-state index in [0.29, 0.717) is 6.54 Å². The van der Waals surface area contributed by atoms with Gasteiger partial charge < -0.3 is 10.0 Å². The van der Waals surface area contributed by atoms with Crippen molar-refractivity contribution >= 4 is 5.91 Å². The van der Waals surface area contributed by atoms with Crippen LogP contribution in [-0.4, -0.2) is 38.3 Å². The van der Waals surface area contributed by atoms with Crippen molar-refractivity contribution in [2.45, 2.75) is 39.3 Å². The molecule has 5 nitrogen and oxygen atoms in total. The molecule has 22 heavy (non-hydrogen) atoms. The van der Waals surface area contributed by atoms with Gasteiger partial charge in [0.15, 0.2) is 0 Å². The summed E-state index contributed by atoms with van der Waals surface area (Å²) in [7, 11) is 0. The maximum Gasteiger partial charge on any atom is 0.229 e. The minimum Gasteiger partial charge on any atom is -0.389 e. The molecule has 2 rings (SSSR count). The number of H-pyrrole nitrogens is 1. The second-order valence-electron chi connectivity index (χ2n) is 6.27. The number of aliphatic hydroxyl groups is 1. The van der Waals surface area contributed by atoms with Crippen molar-refractivity contribution in [2.24, 2.45) is 0 Å². The first-order chi connectivity index (χ1) is 10.3. The van der Waals surface area contributed by atoms with Gasteiger partial charge in [-0.3, -0.25) is 9.89 Å². The van der Waals surface area contributed by atoms with E-state index in [9.17, 15) is 9.90 Å². The Morgan fingerprint density at radius 1 is 1.32 bits per heavy atom. The molecule has 0 saturated heterocycles. The Balaban J connectivity index is 2.10. The molecule has 118 valence electrons. The minimum absolute atomic E-state index is 0.0440. The number of nitrogens with zero attached hydrogens (tertiary/aromatic N) is 2. The Morgan fingerprint density at radius 2 is 2.00 bits per heavy atom. The van der Waals surface area contributed by atoms with Crippen LogP contribution < -0.4 is 0 Å². The van der Waals surface area contributed by atoms with E-state index < -0.39 is 5.60 Å². The number of nitrogens with one attached hydrogen (secondary N) is 1. The van der Waals surface area contributed by atoms with Crippen LogP contribution in [0, 0.1) is 6.92 Å². The molecule has 0 saturated carbocycles. The molecule has 5 heteroatoms. The molecule has 0 atom stereocenters. The lowest BCUT2D eigenvalue weighted by Crippen LogP contribution is -2.42. The first kappa shape index (κ1) is 16.2. The van der Waals surface area contributed by atoms with Crippen molar-refractivity contribution in [3.8, 4) is 0 Å². The molecule has 1 aromatic carbocycles. The summed E-state index contributed by atoms with van der Waals surface area (Å²) in [4.78, 5) is 14.2. The van der Waals surface area contributed by atoms with Gasteiger partial charge >= 0.3 is 0 Å². The van der Waals surface area contributed by atoms with Gasteiger partial charge in [0.25, 0.3) is 0 Å². The third-order valence-electron chi connectivity index (χ3n) is 3.24. The van der Waals surface area contributed by atoms with Crippen molar-refractivity contribution in [3.63, 3.8) is 0 Å². The number of aromatic nitrogens is 2. The number of amides is 1. The highest BCUT2D eigenvalue weighted by molar-refractivity contribution is 5.78. The molecule has 0 aliphatic carbocycles. The summed E-state index contributed by atoms with van der Waals surface area (Å²) >= 11 is 0. The van der Waals surface area contributed by atoms with E-state index in [1.165, 1.54) is 0 Å². The van der Waals surface area contributed by atoms with Gasteiger partial charge in [-0.2, -0.15) is 5.10 Å². The molecule has 0 aliphatic rings. The average molecular weight is 301 g/mol. The zero-order valence-corrected chi connectivity index (χ0v) is 13.3. The molecule has 0 unspecified atom stereocenters. The quantitative estimate of drug-likeness (QED) is 0.858. The lowest BCUT2D eigenvalue weighted by Gasteiger charge is -2.29. The van der Waals surface area contributed by atoms with Crippen LogP contribution in [0.4, 0.5) is 0 Å². The molecule has 2 aromatic rings. The zero-order valence-electron chi connectivity index (χ0n) is 13.3. The maximum atomic E-state index is 12.6. The average Bonchev–Trinajstić information content (AvgIpc) is 2.83. The fraction of sp³-hybridized carbons (Fsp3) is 0.412. The van der Waals surface area contributed by atoms with E-state index >= 15 is 0 Å². The van der Waals surface area contributed by atoms with Crippen LogP contribution >= 0.6 is 0 Å². The van der Waals surface area contributed by atoms with Gasteiger partial charge in [0.2, 0.25) is 5.91 Å². The Bertz CT molecular complexity index is 614. The number of benzene rings is 1. The third kappa shape index (κ3) is 5.00. The van der Waals surface area contributed by atoms with Gasteiger partial charge in [0, 0.05) is 18.8 Å². The fourth-order valence-corrected chi connectivity index (χ4v) is 2.33. The van der Waals surface area contributed by atoms with Crippen LogP contribution in [0.3, 0.4) is 0 Å². The number of carbonyl (C=O) groups is 1. The van der Waals surface area contributed by atoms with Crippen molar-refractivity contribution in [2.75, 3.05) is 6.54 Å². The van der Waals surface area contributed by atoms with E-state index in [0.717, 1.165) is 17.0 Å². The highest BCUT2D eigenvalue weighted by Crippen LogP contribution is 2.12. The summed E-state index contributed by atoms with van der Waals surface area (Å²) in [6.45, 7) is 6.07. The summed E-state index contributed by atoms with van der Waals surface area (Å²) in [5.41, 5.74) is 1.75. The topological polar surface area (TPSA) is 69.2 Å². The highest BCUT2D eigenvalue weighted by atomic mass is 16.3. The molecular formula is C17H23N3O2. The van der Waals surface area contributed by atoms with Crippen LogP contribution in [0.1, 0.15) is 30.8 Å². The first-order valence-corrected chi connectivity index (χ1v) is 7.38.